The Hall–Kier alpha value is -1.52. The Morgan fingerprint density at radius 3 is 2.71 bits per heavy atom. The molecule has 0 radical (unpaired) electrons. The molecule has 0 unspecified atom stereocenters. The van der Waals surface area contributed by atoms with Crippen molar-refractivity contribution in [2.24, 2.45) is 5.92 Å². The average molecular weight is 198 g/mol. The van der Waals surface area contributed by atoms with Crippen molar-refractivity contribution < 1.29 is 0 Å². The zero-order valence-corrected chi connectivity index (χ0v) is 8.50. The lowest BCUT2D eigenvalue weighted by atomic mass is 10.1. The van der Waals surface area contributed by atoms with Crippen LogP contribution in [0, 0.1) is 18.3 Å². The molecule has 1 aromatic rings. The van der Waals surface area contributed by atoms with Crippen LogP contribution >= 0.6 is 11.3 Å². The molecule has 2 rings (SSSR count). The van der Waals surface area contributed by atoms with Crippen LogP contribution < -0.4 is 0 Å². The minimum atomic E-state index is 0.450. The van der Waals surface area contributed by atoms with E-state index in [1.807, 2.05) is 6.07 Å². The van der Waals surface area contributed by atoms with Crippen LogP contribution in [0.5, 0.6) is 0 Å². The molecule has 0 aromatic carbocycles. The first-order chi connectivity index (χ1) is 6.88. The summed E-state index contributed by atoms with van der Waals surface area (Å²) in [7, 11) is 0. The zero-order valence-electron chi connectivity index (χ0n) is 7.68. The molecule has 0 aliphatic heterocycles. The van der Waals surface area contributed by atoms with Gasteiger partial charge in [-0.05, 0) is 18.2 Å². The Morgan fingerprint density at radius 1 is 1.29 bits per heavy atom. The van der Waals surface area contributed by atoms with Crippen molar-refractivity contribution in [1.82, 2.24) is 0 Å². The number of rotatable bonds is 2. The van der Waals surface area contributed by atoms with Gasteiger partial charge in [0.1, 0.15) is 0 Å². The highest BCUT2D eigenvalue weighted by Gasteiger charge is 1.98. The summed E-state index contributed by atoms with van der Waals surface area (Å²) in [6.07, 6.45) is 18.0. The molecule has 68 valence electrons. The Labute approximate surface area is 88.3 Å². The minimum absolute atomic E-state index is 0.450. The summed E-state index contributed by atoms with van der Waals surface area (Å²) in [5, 5.41) is 0. The summed E-state index contributed by atoms with van der Waals surface area (Å²) >= 11 is 1.65. The Kier molecular flexibility index (Phi) is 2.67. The molecule has 0 nitrogen and oxygen atoms in total. The largest absolute Gasteiger partial charge is 0.127 e. The maximum absolute atomic E-state index is 5.30. The number of allylic oxidation sites excluding steroid dienone is 5. The van der Waals surface area contributed by atoms with Crippen molar-refractivity contribution in [3.63, 3.8) is 0 Å². The topological polar surface area (TPSA) is 0 Å². The van der Waals surface area contributed by atoms with Crippen LogP contribution in [0.2, 0.25) is 0 Å². The predicted octanol–water partition coefficient (Wildman–Crippen LogP) is 3.48. The zero-order chi connectivity index (χ0) is 9.80. The summed E-state index contributed by atoms with van der Waals surface area (Å²) in [6.45, 7) is 0. The second kappa shape index (κ2) is 4.13. The summed E-state index contributed by atoms with van der Waals surface area (Å²) in [5.41, 5.74) is 0. The molecule has 1 heteroatoms. The first-order valence-corrected chi connectivity index (χ1v) is 5.30. The number of hydrogen-bond donors (Lipinski definition) is 0. The second-order valence-corrected chi connectivity index (χ2v) is 4.17. The van der Waals surface area contributed by atoms with Crippen LogP contribution in [0.3, 0.4) is 0 Å². The maximum atomic E-state index is 5.30. The van der Waals surface area contributed by atoms with Crippen LogP contribution in [0.4, 0.5) is 0 Å². The van der Waals surface area contributed by atoms with E-state index < -0.39 is 0 Å². The molecular formula is C13H10S. The van der Waals surface area contributed by atoms with Crippen molar-refractivity contribution >= 4 is 17.4 Å². The standard InChI is InChI=1S/C13H10S/c1-2-12-9-10-13(14-12)8-7-11-5-3-4-6-11/h1,3-11H. The highest BCUT2D eigenvalue weighted by molar-refractivity contribution is 7.13. The lowest BCUT2D eigenvalue weighted by molar-refractivity contribution is 1.10. The molecule has 14 heavy (non-hydrogen) atoms. The first kappa shape index (κ1) is 9.05. The van der Waals surface area contributed by atoms with Crippen molar-refractivity contribution in [3.05, 3.63) is 52.3 Å². The molecule has 1 aromatic heterocycles. The van der Waals surface area contributed by atoms with Crippen LogP contribution in [0.25, 0.3) is 6.08 Å². The van der Waals surface area contributed by atoms with Crippen molar-refractivity contribution in [1.29, 1.82) is 0 Å². The van der Waals surface area contributed by atoms with Crippen molar-refractivity contribution in [2.75, 3.05) is 0 Å². The molecule has 1 aliphatic carbocycles. The molecule has 0 bridgehead atoms. The van der Waals surface area contributed by atoms with E-state index in [0.717, 1.165) is 4.88 Å². The number of hydrogen-bond acceptors (Lipinski definition) is 1. The molecule has 1 aliphatic rings. The van der Waals surface area contributed by atoms with Gasteiger partial charge in [-0.3, -0.25) is 0 Å². The molecule has 0 saturated carbocycles. The smallest absolute Gasteiger partial charge is 0.0772 e. The van der Waals surface area contributed by atoms with Gasteiger partial charge in [-0.25, -0.2) is 0 Å². The van der Waals surface area contributed by atoms with Gasteiger partial charge in [0.15, 0.2) is 0 Å². The maximum Gasteiger partial charge on any atom is 0.0772 e. The van der Waals surface area contributed by atoms with Crippen molar-refractivity contribution in [2.45, 2.75) is 0 Å². The lowest BCUT2D eigenvalue weighted by Crippen LogP contribution is -1.78. The van der Waals surface area contributed by atoms with Gasteiger partial charge in [0.05, 0.1) is 4.88 Å². The van der Waals surface area contributed by atoms with Gasteiger partial charge in [-0.1, -0.05) is 36.3 Å². The van der Waals surface area contributed by atoms with Gasteiger partial charge in [-0.2, -0.15) is 0 Å². The van der Waals surface area contributed by atoms with E-state index in [1.54, 1.807) is 11.3 Å². The normalized spacial score (nSPS) is 15.4. The third-order valence-electron chi connectivity index (χ3n) is 2.03. The highest BCUT2D eigenvalue weighted by Crippen LogP contribution is 2.19. The van der Waals surface area contributed by atoms with E-state index >= 15 is 0 Å². The first-order valence-electron chi connectivity index (χ1n) is 4.48. The second-order valence-electron chi connectivity index (χ2n) is 3.05. The van der Waals surface area contributed by atoms with E-state index in [-0.39, 0.29) is 0 Å². The summed E-state index contributed by atoms with van der Waals surface area (Å²) in [6, 6.07) is 4.03. The van der Waals surface area contributed by atoms with Crippen LogP contribution in [-0.2, 0) is 0 Å². The van der Waals surface area contributed by atoms with E-state index in [4.69, 9.17) is 6.42 Å². The SMILES string of the molecule is C#Cc1ccc(C=CC2C=CC=C2)s1. The quantitative estimate of drug-likeness (QED) is 0.638. The average Bonchev–Trinajstić information content (AvgIpc) is 2.86. The van der Waals surface area contributed by atoms with Gasteiger partial charge in [0.25, 0.3) is 0 Å². The van der Waals surface area contributed by atoms with E-state index in [9.17, 15) is 0 Å². The molecule has 0 saturated heterocycles. The monoisotopic (exact) mass is 198 g/mol. The molecule has 0 fully saturated rings. The molecule has 0 amide bonds. The lowest BCUT2D eigenvalue weighted by Gasteiger charge is -1.93. The summed E-state index contributed by atoms with van der Waals surface area (Å²) in [4.78, 5) is 2.20. The number of terminal acetylenes is 1. The highest BCUT2D eigenvalue weighted by atomic mass is 32.1. The van der Waals surface area contributed by atoms with Crippen LogP contribution in [-0.4, -0.2) is 0 Å². The minimum Gasteiger partial charge on any atom is -0.127 e. The Balaban J connectivity index is 2.07. The molecular weight excluding hydrogens is 188 g/mol. The fourth-order valence-corrected chi connectivity index (χ4v) is 2.03. The van der Waals surface area contributed by atoms with Crippen LogP contribution in [0.1, 0.15) is 9.75 Å². The third-order valence-corrected chi connectivity index (χ3v) is 3.01. The Bertz CT molecular complexity index is 426. The molecule has 0 N–H and O–H groups in total. The Morgan fingerprint density at radius 2 is 2.07 bits per heavy atom. The van der Waals surface area contributed by atoms with E-state index in [2.05, 4.69) is 48.4 Å². The summed E-state index contributed by atoms with van der Waals surface area (Å²) in [5.74, 6) is 3.08. The third kappa shape index (κ3) is 2.04. The fraction of sp³-hybridized carbons (Fsp3) is 0.0769. The molecule has 0 atom stereocenters. The predicted molar refractivity (Wildman–Crippen MR) is 63.1 cm³/mol. The van der Waals surface area contributed by atoms with Gasteiger partial charge in [0, 0.05) is 10.8 Å². The van der Waals surface area contributed by atoms with Gasteiger partial charge < -0.3 is 0 Å². The van der Waals surface area contributed by atoms with Gasteiger partial charge in [0.2, 0.25) is 0 Å². The van der Waals surface area contributed by atoms with E-state index in [1.165, 1.54) is 4.88 Å². The van der Waals surface area contributed by atoms with E-state index in [0.29, 0.717) is 5.92 Å². The van der Waals surface area contributed by atoms with Crippen LogP contribution in [0.15, 0.2) is 42.5 Å². The molecule has 1 heterocycles. The number of thiophene rings is 1. The van der Waals surface area contributed by atoms with Gasteiger partial charge >= 0.3 is 0 Å². The molecule has 0 spiro atoms. The summed E-state index contributed by atoms with van der Waals surface area (Å²) < 4.78 is 0. The van der Waals surface area contributed by atoms with Crippen molar-refractivity contribution in [3.8, 4) is 12.3 Å². The fourth-order valence-electron chi connectivity index (χ4n) is 1.30. The van der Waals surface area contributed by atoms with Gasteiger partial charge in [-0.15, -0.1) is 17.8 Å².